The maximum Gasteiger partial charge on any atom is 0.328 e. The van der Waals surface area contributed by atoms with Crippen molar-refractivity contribution in [2.45, 2.75) is 77.6 Å². The number of carbonyl (C=O) groups is 1. The first-order chi connectivity index (χ1) is 14.9. The van der Waals surface area contributed by atoms with Gasteiger partial charge in [-0.2, -0.15) is 5.26 Å². The smallest absolute Gasteiger partial charge is 0.328 e. The monoisotopic (exact) mass is 426 g/mol. The van der Waals surface area contributed by atoms with E-state index in [9.17, 15) is 10.1 Å². The van der Waals surface area contributed by atoms with Gasteiger partial charge in [0.25, 0.3) is 0 Å². The Morgan fingerprint density at radius 3 is 2.55 bits per heavy atom. The molecule has 0 aliphatic carbocycles. The van der Waals surface area contributed by atoms with Crippen molar-refractivity contribution in [2.24, 2.45) is 22.4 Å². The van der Waals surface area contributed by atoms with Gasteiger partial charge in [0.05, 0.1) is 18.2 Å². The molecule has 0 aliphatic heterocycles. The summed E-state index contributed by atoms with van der Waals surface area (Å²) < 4.78 is 0. The van der Waals surface area contributed by atoms with Crippen molar-refractivity contribution in [1.82, 2.24) is 0 Å². The van der Waals surface area contributed by atoms with Crippen LogP contribution in [0.1, 0.15) is 82.3 Å². The quantitative estimate of drug-likeness (QED) is 0.150. The second-order valence-corrected chi connectivity index (χ2v) is 8.21. The fraction of sp³-hybridized carbons (Fsp3) is 0.560. The van der Waals surface area contributed by atoms with E-state index in [4.69, 9.17) is 16.6 Å². The number of benzene rings is 1. The Bertz CT molecular complexity index is 761. The van der Waals surface area contributed by atoms with Crippen LogP contribution >= 0.6 is 0 Å². The molecular weight excluding hydrogens is 388 g/mol. The number of nitrogens with two attached hydrogens (primary N) is 2. The molecule has 0 bridgehead atoms. The van der Waals surface area contributed by atoms with Gasteiger partial charge in [-0.3, -0.25) is 0 Å². The van der Waals surface area contributed by atoms with Crippen molar-refractivity contribution in [2.75, 3.05) is 6.54 Å². The molecular formula is C25H38N4O2. The van der Waals surface area contributed by atoms with Crippen molar-refractivity contribution in [3.63, 3.8) is 0 Å². The summed E-state index contributed by atoms with van der Waals surface area (Å²) in [6.07, 6.45) is 13.5. The molecule has 6 heteroatoms. The van der Waals surface area contributed by atoms with E-state index in [1.807, 2.05) is 18.2 Å². The predicted octanol–water partition coefficient (Wildman–Crippen LogP) is 4.92. The van der Waals surface area contributed by atoms with Gasteiger partial charge in [-0.1, -0.05) is 64.0 Å². The normalized spacial score (nSPS) is 12.2. The zero-order valence-corrected chi connectivity index (χ0v) is 18.9. The zero-order valence-electron chi connectivity index (χ0n) is 18.9. The van der Waals surface area contributed by atoms with Gasteiger partial charge in [0.1, 0.15) is 0 Å². The Morgan fingerprint density at radius 2 is 1.87 bits per heavy atom. The Kier molecular flexibility index (Phi) is 13.5. The van der Waals surface area contributed by atoms with Gasteiger partial charge >= 0.3 is 5.97 Å². The molecule has 0 heterocycles. The van der Waals surface area contributed by atoms with Crippen LogP contribution in [0.15, 0.2) is 40.9 Å². The number of guanidine groups is 1. The zero-order chi connectivity index (χ0) is 22.9. The Hall–Kier alpha value is -2.81. The van der Waals surface area contributed by atoms with Gasteiger partial charge in [0.15, 0.2) is 5.96 Å². The maximum absolute atomic E-state index is 11.1. The SMILES string of the molecule is CCCCCCCCC(CCCC(=CC(=O)O)CN=C(N)N)Cc1cccc(C#N)c1. The molecule has 1 aromatic rings. The van der Waals surface area contributed by atoms with Crippen LogP contribution in [0.2, 0.25) is 0 Å². The lowest BCUT2D eigenvalue weighted by molar-refractivity contribution is -0.131. The third-order valence-electron chi connectivity index (χ3n) is 5.45. The number of aliphatic imine (C=N–C) groups is 1. The van der Waals surface area contributed by atoms with Crippen LogP contribution in [0.5, 0.6) is 0 Å². The summed E-state index contributed by atoms with van der Waals surface area (Å²) in [5.41, 5.74) is 13.4. The van der Waals surface area contributed by atoms with Crippen LogP contribution in [0.25, 0.3) is 0 Å². The average molecular weight is 427 g/mol. The first-order valence-corrected chi connectivity index (χ1v) is 11.4. The van der Waals surface area contributed by atoms with Crippen LogP contribution in [0, 0.1) is 17.2 Å². The number of rotatable bonds is 16. The highest BCUT2D eigenvalue weighted by Crippen LogP contribution is 2.24. The summed E-state index contributed by atoms with van der Waals surface area (Å²) in [4.78, 5) is 15.0. The van der Waals surface area contributed by atoms with Gasteiger partial charge in [-0.25, -0.2) is 9.79 Å². The lowest BCUT2D eigenvalue weighted by Crippen LogP contribution is -2.23. The Balaban J connectivity index is 2.67. The van der Waals surface area contributed by atoms with E-state index >= 15 is 0 Å². The van der Waals surface area contributed by atoms with Gasteiger partial charge in [-0.15, -0.1) is 0 Å². The van der Waals surface area contributed by atoms with Crippen LogP contribution in [-0.2, 0) is 11.2 Å². The molecule has 6 nitrogen and oxygen atoms in total. The van der Waals surface area contributed by atoms with Gasteiger partial charge in [0.2, 0.25) is 0 Å². The number of nitrogens with zero attached hydrogens (tertiary/aromatic N) is 2. The fourth-order valence-electron chi connectivity index (χ4n) is 3.85. The molecule has 0 saturated carbocycles. The topological polar surface area (TPSA) is 125 Å². The number of aliphatic carboxylic acids is 1. The summed E-state index contributed by atoms with van der Waals surface area (Å²) in [6, 6.07) is 10.1. The average Bonchev–Trinajstić information content (AvgIpc) is 2.73. The molecule has 5 N–H and O–H groups in total. The molecule has 0 saturated heterocycles. The van der Waals surface area contributed by atoms with E-state index in [0.717, 1.165) is 31.3 Å². The van der Waals surface area contributed by atoms with Crippen molar-refractivity contribution in [1.29, 1.82) is 5.26 Å². The highest BCUT2D eigenvalue weighted by atomic mass is 16.4. The standard InChI is InChI=1S/C25H38N4O2/c1-2-3-4-5-6-7-10-20(15-21-12-9-13-22(16-21)18-26)11-8-14-23(17-24(30)31)19-29-25(27)28/h9,12-13,16-17,20H,2-8,10-11,14-15,19H2,1H3,(H,30,31)(H4,27,28,29). The molecule has 0 spiro atoms. The van der Waals surface area contributed by atoms with E-state index in [0.29, 0.717) is 17.9 Å². The number of hydrogen-bond acceptors (Lipinski definition) is 3. The van der Waals surface area contributed by atoms with Gasteiger partial charge < -0.3 is 16.6 Å². The molecule has 1 atom stereocenters. The van der Waals surface area contributed by atoms with Crippen LogP contribution in [0.4, 0.5) is 0 Å². The molecule has 170 valence electrons. The van der Waals surface area contributed by atoms with Crippen LogP contribution < -0.4 is 11.5 Å². The predicted molar refractivity (Wildman–Crippen MR) is 127 cm³/mol. The molecule has 0 amide bonds. The second kappa shape index (κ2) is 16.0. The first kappa shape index (κ1) is 26.2. The minimum absolute atomic E-state index is 0.0328. The molecule has 1 rings (SSSR count). The molecule has 0 radical (unpaired) electrons. The summed E-state index contributed by atoms with van der Waals surface area (Å²) in [7, 11) is 0. The third-order valence-corrected chi connectivity index (χ3v) is 5.45. The van der Waals surface area contributed by atoms with Crippen molar-refractivity contribution in [3.05, 3.63) is 47.0 Å². The molecule has 31 heavy (non-hydrogen) atoms. The third kappa shape index (κ3) is 13.2. The minimum atomic E-state index is -0.974. The molecule has 0 fully saturated rings. The van der Waals surface area contributed by atoms with Crippen molar-refractivity contribution >= 4 is 11.9 Å². The molecule has 0 aliphatic rings. The number of carboxylic acids is 1. The highest BCUT2D eigenvalue weighted by Gasteiger charge is 2.12. The maximum atomic E-state index is 11.1. The number of carboxylic acid groups (broad SMARTS) is 1. The summed E-state index contributed by atoms with van der Waals surface area (Å²) in [5, 5.41) is 18.3. The highest BCUT2D eigenvalue weighted by molar-refractivity contribution is 5.81. The first-order valence-electron chi connectivity index (χ1n) is 11.4. The number of hydrogen-bond donors (Lipinski definition) is 3. The van der Waals surface area contributed by atoms with Gasteiger partial charge in [-0.05, 0) is 54.9 Å². The fourth-order valence-corrected chi connectivity index (χ4v) is 3.85. The molecule has 0 aromatic heterocycles. The molecule has 1 aromatic carbocycles. The van der Waals surface area contributed by atoms with E-state index in [1.165, 1.54) is 50.2 Å². The van der Waals surface area contributed by atoms with Gasteiger partial charge in [0, 0.05) is 6.08 Å². The van der Waals surface area contributed by atoms with E-state index in [1.54, 1.807) is 0 Å². The second-order valence-electron chi connectivity index (χ2n) is 8.21. The van der Waals surface area contributed by atoms with Crippen molar-refractivity contribution in [3.8, 4) is 6.07 Å². The molecule has 1 unspecified atom stereocenters. The van der Waals surface area contributed by atoms with E-state index in [2.05, 4.69) is 24.1 Å². The number of nitriles is 1. The van der Waals surface area contributed by atoms with E-state index < -0.39 is 5.97 Å². The minimum Gasteiger partial charge on any atom is -0.478 e. The van der Waals surface area contributed by atoms with Crippen LogP contribution in [-0.4, -0.2) is 23.6 Å². The Labute approximate surface area is 187 Å². The lowest BCUT2D eigenvalue weighted by atomic mass is 9.88. The lowest BCUT2D eigenvalue weighted by Gasteiger charge is -2.18. The van der Waals surface area contributed by atoms with E-state index in [-0.39, 0.29) is 12.5 Å². The summed E-state index contributed by atoms with van der Waals surface area (Å²) in [6.45, 7) is 2.45. The Morgan fingerprint density at radius 1 is 1.16 bits per heavy atom. The summed E-state index contributed by atoms with van der Waals surface area (Å²) in [5.74, 6) is -0.498. The largest absolute Gasteiger partial charge is 0.478 e. The number of unbranched alkanes of at least 4 members (excludes halogenated alkanes) is 5. The summed E-state index contributed by atoms with van der Waals surface area (Å²) >= 11 is 0. The van der Waals surface area contributed by atoms with Crippen LogP contribution in [0.3, 0.4) is 0 Å². The van der Waals surface area contributed by atoms with Crippen molar-refractivity contribution < 1.29 is 9.90 Å².